The Morgan fingerprint density at radius 1 is 1.56 bits per heavy atom. The lowest BCUT2D eigenvalue weighted by Crippen LogP contribution is -2.24. The minimum Gasteiger partial charge on any atom is -0.353 e. The minimum absolute atomic E-state index is 0.604. The minimum atomic E-state index is 0.604. The molecule has 1 aliphatic heterocycles. The number of aromatic nitrogens is 1. The van der Waals surface area contributed by atoms with Gasteiger partial charge in [0.15, 0.2) is 0 Å². The average Bonchev–Trinajstić information content (AvgIpc) is 2.67. The SMILES string of the molecule is CCCN1CCC[C@H]1c1c[nH]c(=S)cc1C. The Kier molecular flexibility index (Phi) is 3.77. The molecule has 2 heterocycles. The number of nitrogens with zero attached hydrogens (tertiary/aromatic N) is 1. The summed E-state index contributed by atoms with van der Waals surface area (Å²) in [6.07, 6.45) is 5.94. The van der Waals surface area contributed by atoms with E-state index < -0.39 is 0 Å². The topological polar surface area (TPSA) is 19.0 Å². The molecule has 1 atom stereocenters. The number of hydrogen-bond acceptors (Lipinski definition) is 2. The molecule has 3 heteroatoms. The molecule has 0 radical (unpaired) electrons. The maximum Gasteiger partial charge on any atom is 0.103 e. The first-order chi connectivity index (χ1) is 7.72. The molecule has 1 aromatic rings. The first-order valence-electron chi connectivity index (χ1n) is 6.15. The molecule has 0 saturated carbocycles. The number of likely N-dealkylation sites (tertiary alicyclic amines) is 1. The van der Waals surface area contributed by atoms with Crippen LogP contribution in [0.25, 0.3) is 0 Å². The van der Waals surface area contributed by atoms with Crippen LogP contribution in [0.2, 0.25) is 0 Å². The third-order valence-corrected chi connectivity index (χ3v) is 3.64. The van der Waals surface area contributed by atoms with Crippen molar-refractivity contribution in [3.8, 4) is 0 Å². The summed E-state index contributed by atoms with van der Waals surface area (Å²) in [6, 6.07) is 2.68. The Morgan fingerprint density at radius 3 is 3.06 bits per heavy atom. The molecule has 1 N–H and O–H groups in total. The summed E-state index contributed by atoms with van der Waals surface area (Å²) in [7, 11) is 0. The summed E-state index contributed by atoms with van der Waals surface area (Å²) >= 11 is 5.15. The van der Waals surface area contributed by atoms with Crippen molar-refractivity contribution in [2.45, 2.75) is 39.2 Å². The summed E-state index contributed by atoms with van der Waals surface area (Å²) in [4.78, 5) is 5.76. The van der Waals surface area contributed by atoms with E-state index in [0.717, 1.165) is 4.64 Å². The van der Waals surface area contributed by atoms with E-state index in [0.29, 0.717) is 6.04 Å². The molecule has 0 bridgehead atoms. The average molecular weight is 236 g/mol. The van der Waals surface area contributed by atoms with Gasteiger partial charge in [-0.3, -0.25) is 4.90 Å². The lowest BCUT2D eigenvalue weighted by atomic mass is 10.0. The molecule has 0 aliphatic carbocycles. The predicted molar refractivity (Wildman–Crippen MR) is 70.2 cm³/mol. The van der Waals surface area contributed by atoms with Crippen molar-refractivity contribution < 1.29 is 0 Å². The summed E-state index contributed by atoms with van der Waals surface area (Å²) < 4.78 is 0.835. The van der Waals surface area contributed by atoms with Gasteiger partial charge in [0, 0.05) is 12.2 Å². The number of aryl methyl sites for hydroxylation is 1. The number of aromatic amines is 1. The summed E-state index contributed by atoms with van der Waals surface area (Å²) in [6.45, 7) is 6.87. The van der Waals surface area contributed by atoms with Crippen LogP contribution in [0.3, 0.4) is 0 Å². The quantitative estimate of drug-likeness (QED) is 0.809. The van der Waals surface area contributed by atoms with E-state index in [9.17, 15) is 0 Å². The second-order valence-corrected chi connectivity index (χ2v) is 5.07. The van der Waals surface area contributed by atoms with Crippen molar-refractivity contribution in [1.29, 1.82) is 0 Å². The van der Waals surface area contributed by atoms with Gasteiger partial charge in [0.1, 0.15) is 4.64 Å². The van der Waals surface area contributed by atoms with E-state index in [4.69, 9.17) is 12.2 Å². The van der Waals surface area contributed by atoms with Crippen LogP contribution in [-0.2, 0) is 0 Å². The van der Waals surface area contributed by atoms with Crippen molar-refractivity contribution >= 4 is 12.2 Å². The highest BCUT2D eigenvalue weighted by Gasteiger charge is 2.26. The van der Waals surface area contributed by atoms with Crippen molar-refractivity contribution in [3.63, 3.8) is 0 Å². The van der Waals surface area contributed by atoms with Crippen LogP contribution in [0.4, 0.5) is 0 Å². The molecule has 1 fully saturated rings. The van der Waals surface area contributed by atoms with E-state index in [1.807, 2.05) is 0 Å². The lowest BCUT2D eigenvalue weighted by Gasteiger charge is -2.25. The van der Waals surface area contributed by atoms with E-state index in [-0.39, 0.29) is 0 Å². The van der Waals surface area contributed by atoms with Crippen molar-refractivity contribution in [1.82, 2.24) is 9.88 Å². The van der Waals surface area contributed by atoms with Crippen LogP contribution < -0.4 is 0 Å². The van der Waals surface area contributed by atoms with E-state index in [1.54, 1.807) is 0 Å². The van der Waals surface area contributed by atoms with Crippen LogP contribution in [0.15, 0.2) is 12.3 Å². The van der Waals surface area contributed by atoms with Crippen LogP contribution >= 0.6 is 12.2 Å². The normalized spacial score (nSPS) is 21.5. The van der Waals surface area contributed by atoms with Crippen molar-refractivity contribution in [2.75, 3.05) is 13.1 Å². The second kappa shape index (κ2) is 5.11. The third kappa shape index (κ3) is 2.36. The Bertz CT molecular complexity index is 411. The van der Waals surface area contributed by atoms with Gasteiger partial charge in [0.25, 0.3) is 0 Å². The zero-order chi connectivity index (χ0) is 11.5. The molecule has 16 heavy (non-hydrogen) atoms. The highest BCUT2D eigenvalue weighted by Crippen LogP contribution is 2.33. The van der Waals surface area contributed by atoms with Crippen LogP contribution in [0, 0.1) is 11.6 Å². The molecule has 0 spiro atoms. The number of hydrogen-bond donors (Lipinski definition) is 1. The summed E-state index contributed by atoms with van der Waals surface area (Å²) in [5, 5.41) is 0. The van der Waals surface area contributed by atoms with E-state index in [1.165, 1.54) is 43.5 Å². The maximum absolute atomic E-state index is 5.15. The molecular weight excluding hydrogens is 216 g/mol. The third-order valence-electron chi connectivity index (χ3n) is 3.41. The van der Waals surface area contributed by atoms with Gasteiger partial charge in [-0.15, -0.1) is 0 Å². The summed E-state index contributed by atoms with van der Waals surface area (Å²) in [5.41, 5.74) is 2.76. The molecule has 2 rings (SSSR count). The molecule has 88 valence electrons. The Balaban J connectivity index is 2.25. The molecule has 1 aliphatic rings. The first-order valence-corrected chi connectivity index (χ1v) is 6.56. The van der Waals surface area contributed by atoms with Gasteiger partial charge in [-0.2, -0.15) is 0 Å². The van der Waals surface area contributed by atoms with Crippen LogP contribution in [-0.4, -0.2) is 23.0 Å². The zero-order valence-corrected chi connectivity index (χ0v) is 10.9. The van der Waals surface area contributed by atoms with Gasteiger partial charge in [-0.25, -0.2) is 0 Å². The Morgan fingerprint density at radius 2 is 2.38 bits per heavy atom. The van der Waals surface area contributed by atoms with E-state index in [2.05, 4.69) is 36.0 Å². The monoisotopic (exact) mass is 236 g/mol. The smallest absolute Gasteiger partial charge is 0.103 e. The fourth-order valence-electron chi connectivity index (χ4n) is 2.68. The number of H-pyrrole nitrogens is 1. The van der Waals surface area contributed by atoms with Gasteiger partial charge in [0.2, 0.25) is 0 Å². The molecule has 0 amide bonds. The number of nitrogens with one attached hydrogen (secondary N) is 1. The van der Waals surface area contributed by atoms with Crippen molar-refractivity contribution in [3.05, 3.63) is 28.0 Å². The fourth-order valence-corrected chi connectivity index (χ4v) is 2.91. The molecular formula is C13H20N2S. The van der Waals surface area contributed by atoms with Gasteiger partial charge in [0.05, 0.1) is 0 Å². The standard InChI is InChI=1S/C13H20N2S/c1-3-6-15-7-4-5-12(15)11-9-14-13(16)8-10(11)2/h8-9,12H,3-7H2,1-2H3,(H,14,16)/t12-/m0/s1. The second-order valence-electron chi connectivity index (χ2n) is 4.63. The summed E-state index contributed by atoms with van der Waals surface area (Å²) in [5.74, 6) is 0. The number of rotatable bonds is 3. The molecule has 0 unspecified atom stereocenters. The molecule has 1 aromatic heterocycles. The maximum atomic E-state index is 5.15. The molecule has 0 aromatic carbocycles. The van der Waals surface area contributed by atoms with Gasteiger partial charge in [-0.1, -0.05) is 19.1 Å². The first kappa shape index (κ1) is 11.8. The van der Waals surface area contributed by atoms with Gasteiger partial charge in [-0.05, 0) is 56.5 Å². The van der Waals surface area contributed by atoms with Gasteiger partial charge >= 0.3 is 0 Å². The van der Waals surface area contributed by atoms with E-state index >= 15 is 0 Å². The fraction of sp³-hybridized carbons (Fsp3) is 0.615. The van der Waals surface area contributed by atoms with Crippen molar-refractivity contribution in [2.24, 2.45) is 0 Å². The van der Waals surface area contributed by atoms with Crippen LogP contribution in [0.5, 0.6) is 0 Å². The van der Waals surface area contributed by atoms with Gasteiger partial charge < -0.3 is 4.98 Å². The predicted octanol–water partition coefficient (Wildman–Crippen LogP) is 3.60. The molecule has 2 nitrogen and oxygen atoms in total. The number of pyridine rings is 1. The largest absolute Gasteiger partial charge is 0.353 e. The highest BCUT2D eigenvalue weighted by atomic mass is 32.1. The Labute approximate surface area is 103 Å². The lowest BCUT2D eigenvalue weighted by molar-refractivity contribution is 0.257. The molecule has 1 saturated heterocycles. The Hall–Kier alpha value is -0.670. The highest BCUT2D eigenvalue weighted by molar-refractivity contribution is 7.71. The van der Waals surface area contributed by atoms with Crippen LogP contribution in [0.1, 0.15) is 43.4 Å². The zero-order valence-electron chi connectivity index (χ0n) is 10.1.